The molecule has 142 valence electrons. The molecular weight excluding hydrogens is 377 g/mol. The Bertz CT molecular complexity index is 868. The number of halogens is 3. The van der Waals surface area contributed by atoms with Crippen LogP contribution in [0.15, 0.2) is 53.5 Å². The van der Waals surface area contributed by atoms with Gasteiger partial charge in [0.15, 0.2) is 5.17 Å². The van der Waals surface area contributed by atoms with Gasteiger partial charge in [0.25, 0.3) is 5.91 Å². The number of aliphatic imine (C=N–C) groups is 1. The second kappa shape index (κ2) is 8.04. The average molecular weight is 394 g/mol. The lowest BCUT2D eigenvalue weighted by atomic mass is 10.1. The van der Waals surface area contributed by atoms with E-state index in [1.54, 1.807) is 30.3 Å². The van der Waals surface area contributed by atoms with Crippen molar-refractivity contribution in [2.45, 2.75) is 11.9 Å². The number of rotatable bonds is 4. The molecule has 1 aliphatic rings. The van der Waals surface area contributed by atoms with Gasteiger partial charge in [0.2, 0.25) is 0 Å². The number of benzene rings is 2. The van der Waals surface area contributed by atoms with E-state index >= 15 is 0 Å². The van der Waals surface area contributed by atoms with Gasteiger partial charge in [0.1, 0.15) is 5.75 Å². The minimum absolute atomic E-state index is 0.236. The molecule has 0 aromatic heterocycles. The van der Waals surface area contributed by atoms with E-state index in [0.717, 1.165) is 12.1 Å². The summed E-state index contributed by atoms with van der Waals surface area (Å²) in [4.78, 5) is 18.7. The molecule has 0 bridgehead atoms. The van der Waals surface area contributed by atoms with Crippen molar-refractivity contribution in [2.75, 3.05) is 20.2 Å². The van der Waals surface area contributed by atoms with Crippen LogP contribution in [0.3, 0.4) is 0 Å². The molecule has 0 saturated carbocycles. The van der Waals surface area contributed by atoms with E-state index < -0.39 is 11.7 Å². The highest BCUT2D eigenvalue weighted by Crippen LogP contribution is 2.31. The molecule has 27 heavy (non-hydrogen) atoms. The molecular formula is C19H17F3N2O2S. The maximum Gasteiger partial charge on any atom is 0.416 e. The number of hydrogen-bond donors (Lipinski definition) is 0. The first-order valence-electron chi connectivity index (χ1n) is 8.18. The second-order valence-corrected chi connectivity index (χ2v) is 6.75. The van der Waals surface area contributed by atoms with E-state index in [1.165, 1.54) is 29.8 Å². The molecule has 8 heteroatoms. The Morgan fingerprint density at radius 2 is 2.00 bits per heavy atom. The molecule has 2 aromatic carbocycles. The lowest BCUT2D eigenvalue weighted by Crippen LogP contribution is -2.33. The summed E-state index contributed by atoms with van der Waals surface area (Å²) in [7, 11) is 1.49. The molecule has 0 atom stereocenters. The van der Waals surface area contributed by atoms with Crippen LogP contribution < -0.4 is 4.74 Å². The van der Waals surface area contributed by atoms with Crippen molar-refractivity contribution in [1.29, 1.82) is 0 Å². The van der Waals surface area contributed by atoms with Crippen molar-refractivity contribution >= 4 is 22.8 Å². The number of hydrogen-bond acceptors (Lipinski definition) is 4. The number of ether oxygens (including phenoxy) is 1. The fourth-order valence-corrected chi connectivity index (χ4v) is 3.68. The molecule has 1 heterocycles. The molecule has 0 N–H and O–H groups in total. The van der Waals surface area contributed by atoms with Gasteiger partial charge in [-0.05, 0) is 23.8 Å². The van der Waals surface area contributed by atoms with E-state index in [0.29, 0.717) is 40.9 Å². The second-order valence-electron chi connectivity index (χ2n) is 5.81. The highest BCUT2D eigenvalue weighted by Gasteiger charge is 2.31. The summed E-state index contributed by atoms with van der Waals surface area (Å²) in [6, 6.07) is 12.1. The number of alkyl halides is 3. The Hall–Kier alpha value is -2.48. The van der Waals surface area contributed by atoms with Crippen LogP contribution in [0.1, 0.15) is 21.5 Å². The third-order valence-corrected chi connectivity index (χ3v) is 5.09. The number of carbonyl (C=O) groups is 1. The van der Waals surface area contributed by atoms with Crippen molar-refractivity contribution in [3.05, 3.63) is 65.2 Å². The smallest absolute Gasteiger partial charge is 0.416 e. The minimum Gasteiger partial charge on any atom is -0.496 e. The topological polar surface area (TPSA) is 41.9 Å². The van der Waals surface area contributed by atoms with Gasteiger partial charge < -0.3 is 4.74 Å². The average Bonchev–Trinajstić information content (AvgIpc) is 3.14. The highest BCUT2D eigenvalue weighted by molar-refractivity contribution is 8.13. The molecule has 1 aliphatic heterocycles. The van der Waals surface area contributed by atoms with Crippen molar-refractivity contribution < 1.29 is 22.7 Å². The van der Waals surface area contributed by atoms with Gasteiger partial charge in [0.05, 0.1) is 24.8 Å². The molecule has 0 unspecified atom stereocenters. The first kappa shape index (κ1) is 19.3. The zero-order valence-corrected chi connectivity index (χ0v) is 15.3. The van der Waals surface area contributed by atoms with Gasteiger partial charge in [-0.25, -0.2) is 0 Å². The van der Waals surface area contributed by atoms with Crippen LogP contribution in [0.4, 0.5) is 13.2 Å². The summed E-state index contributed by atoms with van der Waals surface area (Å²) >= 11 is 1.25. The van der Waals surface area contributed by atoms with Crippen LogP contribution in [0, 0.1) is 0 Å². The maximum absolute atomic E-state index is 12.8. The summed E-state index contributed by atoms with van der Waals surface area (Å²) < 4.78 is 43.8. The van der Waals surface area contributed by atoms with Crippen LogP contribution in [0.2, 0.25) is 0 Å². The zero-order chi connectivity index (χ0) is 19.4. The standard InChI is InChI=1S/C19H17F3N2O2S/c1-26-16-8-3-2-7-15(16)17(25)24-10-9-23-18(24)27-12-13-5-4-6-14(11-13)19(20,21)22/h2-8,11H,9-10,12H2,1H3. The molecule has 3 rings (SSSR count). The summed E-state index contributed by atoms with van der Waals surface area (Å²) in [6.45, 7) is 0.896. The summed E-state index contributed by atoms with van der Waals surface area (Å²) in [5.41, 5.74) is 0.263. The lowest BCUT2D eigenvalue weighted by Gasteiger charge is -2.19. The first-order chi connectivity index (χ1) is 12.9. The van der Waals surface area contributed by atoms with E-state index in [-0.39, 0.29) is 5.91 Å². The number of para-hydroxylation sites is 1. The number of nitrogens with zero attached hydrogens (tertiary/aromatic N) is 2. The van der Waals surface area contributed by atoms with Gasteiger partial charge in [-0.2, -0.15) is 13.2 Å². The predicted octanol–water partition coefficient (Wildman–Crippen LogP) is 4.46. The molecule has 0 aliphatic carbocycles. The predicted molar refractivity (Wildman–Crippen MR) is 99.1 cm³/mol. The molecule has 0 fully saturated rings. The lowest BCUT2D eigenvalue weighted by molar-refractivity contribution is -0.137. The van der Waals surface area contributed by atoms with Gasteiger partial charge in [-0.3, -0.25) is 14.7 Å². The number of amidine groups is 1. The van der Waals surface area contributed by atoms with Crippen molar-refractivity contribution in [2.24, 2.45) is 4.99 Å². The molecule has 0 saturated heterocycles. The normalized spacial score (nSPS) is 14.2. The van der Waals surface area contributed by atoms with Gasteiger partial charge >= 0.3 is 6.18 Å². The highest BCUT2D eigenvalue weighted by atomic mass is 32.2. The van der Waals surface area contributed by atoms with E-state index in [1.807, 2.05) is 0 Å². The number of thioether (sulfide) groups is 1. The molecule has 4 nitrogen and oxygen atoms in total. The largest absolute Gasteiger partial charge is 0.496 e. The number of amides is 1. The van der Waals surface area contributed by atoms with Gasteiger partial charge in [-0.1, -0.05) is 42.1 Å². The fraction of sp³-hybridized carbons (Fsp3) is 0.263. The minimum atomic E-state index is -4.38. The van der Waals surface area contributed by atoms with Crippen molar-refractivity contribution in [3.8, 4) is 5.75 Å². The maximum atomic E-state index is 12.8. The summed E-state index contributed by atoms with van der Waals surface area (Å²) in [5, 5.41) is 0.503. The van der Waals surface area contributed by atoms with Crippen LogP contribution >= 0.6 is 11.8 Å². The van der Waals surface area contributed by atoms with Crippen LogP contribution in [0.5, 0.6) is 5.75 Å². The zero-order valence-electron chi connectivity index (χ0n) is 14.5. The summed E-state index contributed by atoms with van der Waals surface area (Å²) in [5.74, 6) is 0.523. The van der Waals surface area contributed by atoms with E-state index in [9.17, 15) is 18.0 Å². The Balaban J connectivity index is 1.71. The number of carbonyl (C=O) groups excluding carboxylic acids is 1. The Morgan fingerprint density at radius 1 is 1.22 bits per heavy atom. The number of methoxy groups -OCH3 is 1. The van der Waals surface area contributed by atoms with Crippen LogP contribution in [-0.2, 0) is 11.9 Å². The van der Waals surface area contributed by atoms with Crippen molar-refractivity contribution in [1.82, 2.24) is 4.90 Å². The Labute approximate surface area is 159 Å². The van der Waals surface area contributed by atoms with Gasteiger partial charge in [0, 0.05) is 12.3 Å². The van der Waals surface area contributed by atoms with Crippen LogP contribution in [0.25, 0.3) is 0 Å². The fourth-order valence-electron chi connectivity index (χ4n) is 2.69. The Kier molecular flexibility index (Phi) is 5.74. The van der Waals surface area contributed by atoms with E-state index in [2.05, 4.69) is 4.99 Å². The van der Waals surface area contributed by atoms with E-state index in [4.69, 9.17) is 4.74 Å². The monoisotopic (exact) mass is 394 g/mol. The Morgan fingerprint density at radius 3 is 2.74 bits per heavy atom. The molecule has 0 radical (unpaired) electrons. The van der Waals surface area contributed by atoms with Gasteiger partial charge in [-0.15, -0.1) is 0 Å². The SMILES string of the molecule is COc1ccccc1C(=O)N1CCN=C1SCc1cccc(C(F)(F)F)c1. The molecule has 2 aromatic rings. The third kappa shape index (κ3) is 4.44. The van der Waals surface area contributed by atoms with Crippen LogP contribution in [-0.4, -0.2) is 36.2 Å². The summed E-state index contributed by atoms with van der Waals surface area (Å²) in [6.07, 6.45) is -4.38. The first-order valence-corrected chi connectivity index (χ1v) is 9.17. The molecule has 0 spiro atoms. The molecule has 1 amide bonds. The third-order valence-electron chi connectivity index (χ3n) is 4.01. The van der Waals surface area contributed by atoms with Crippen molar-refractivity contribution in [3.63, 3.8) is 0 Å². The quantitative estimate of drug-likeness (QED) is 0.769.